The summed E-state index contributed by atoms with van der Waals surface area (Å²) in [5.74, 6) is 1.93. The molecular weight excluding hydrogens is 370 g/mol. The van der Waals surface area contributed by atoms with Gasteiger partial charge in [0.15, 0.2) is 0 Å². The zero-order valence-electron chi connectivity index (χ0n) is 17.2. The molecule has 2 aromatic carbocycles. The monoisotopic (exact) mass is 403 g/mol. The predicted molar refractivity (Wildman–Crippen MR) is 119 cm³/mol. The zero-order valence-corrected chi connectivity index (χ0v) is 18.0. The van der Waals surface area contributed by atoms with E-state index in [4.69, 9.17) is 9.47 Å². The quantitative estimate of drug-likeness (QED) is 0.496. The van der Waals surface area contributed by atoms with Crippen molar-refractivity contribution in [2.75, 3.05) is 27.3 Å². The first-order chi connectivity index (χ1) is 13.2. The summed E-state index contributed by atoms with van der Waals surface area (Å²) in [4.78, 5) is 2.55. The smallest absolute Gasteiger partial charge is 0.119 e. The van der Waals surface area contributed by atoms with E-state index in [-0.39, 0.29) is 17.9 Å². The number of aryl methyl sites for hydroxylation is 1. The Balaban J connectivity index is 0.00000280. The third-order valence-corrected chi connectivity index (χ3v) is 5.94. The van der Waals surface area contributed by atoms with Crippen LogP contribution < -0.4 is 9.47 Å². The van der Waals surface area contributed by atoms with Crippen LogP contribution in [0.1, 0.15) is 44.1 Å². The van der Waals surface area contributed by atoms with E-state index in [1.54, 1.807) is 7.11 Å². The Hall–Kier alpha value is -1.71. The first-order valence-corrected chi connectivity index (χ1v) is 10.2. The van der Waals surface area contributed by atoms with Crippen molar-refractivity contribution in [3.8, 4) is 11.5 Å². The summed E-state index contributed by atoms with van der Waals surface area (Å²) in [6.07, 6.45) is 8.56. The van der Waals surface area contributed by atoms with E-state index in [1.165, 1.54) is 50.6 Å². The molecule has 1 fully saturated rings. The lowest BCUT2D eigenvalue weighted by molar-refractivity contribution is 0.0183. The number of nitrogens with zero attached hydrogens (tertiary/aromatic N) is 1. The van der Waals surface area contributed by atoms with E-state index >= 15 is 0 Å². The Morgan fingerprint density at radius 2 is 1.75 bits per heavy atom. The van der Waals surface area contributed by atoms with Crippen molar-refractivity contribution in [3.63, 3.8) is 0 Å². The number of halogens is 1. The van der Waals surface area contributed by atoms with Crippen LogP contribution in [0.15, 0.2) is 54.6 Å². The predicted octanol–water partition coefficient (Wildman–Crippen LogP) is 5.76. The SMILES string of the molecule is COc1cccc(CCCCC2(COc3ccccc3)CCCCN2C)c1.Cl. The second-order valence-electron chi connectivity index (χ2n) is 7.76. The van der Waals surface area contributed by atoms with E-state index < -0.39 is 0 Å². The third kappa shape index (κ3) is 6.15. The molecular formula is C24H34ClNO2. The molecule has 3 rings (SSSR count). The van der Waals surface area contributed by atoms with Crippen molar-refractivity contribution in [2.24, 2.45) is 0 Å². The van der Waals surface area contributed by atoms with Gasteiger partial charge in [-0.1, -0.05) is 43.2 Å². The third-order valence-electron chi connectivity index (χ3n) is 5.94. The second-order valence-corrected chi connectivity index (χ2v) is 7.76. The highest BCUT2D eigenvalue weighted by molar-refractivity contribution is 5.85. The average Bonchev–Trinajstić information content (AvgIpc) is 2.72. The Labute approximate surface area is 176 Å². The van der Waals surface area contributed by atoms with Gasteiger partial charge in [0.2, 0.25) is 0 Å². The Kier molecular flexibility index (Phi) is 9.14. The minimum absolute atomic E-state index is 0. The first kappa shape index (κ1) is 22.6. The van der Waals surface area contributed by atoms with E-state index in [9.17, 15) is 0 Å². The van der Waals surface area contributed by atoms with E-state index in [2.05, 4.69) is 42.3 Å². The molecule has 0 aromatic heterocycles. The number of rotatable bonds is 9. The molecule has 3 nitrogen and oxygen atoms in total. The number of likely N-dealkylation sites (tertiary alicyclic amines) is 1. The van der Waals surface area contributed by atoms with Crippen LogP contribution in [0, 0.1) is 0 Å². The maximum Gasteiger partial charge on any atom is 0.119 e. The lowest BCUT2D eigenvalue weighted by atomic mass is 9.83. The highest BCUT2D eigenvalue weighted by Crippen LogP contribution is 2.33. The van der Waals surface area contributed by atoms with Crippen molar-refractivity contribution in [3.05, 3.63) is 60.2 Å². The minimum atomic E-state index is 0. The van der Waals surface area contributed by atoms with Crippen LogP contribution in [0.5, 0.6) is 11.5 Å². The van der Waals surface area contributed by atoms with Gasteiger partial charge in [-0.15, -0.1) is 12.4 Å². The molecule has 1 aliphatic rings. The molecule has 1 unspecified atom stereocenters. The lowest BCUT2D eigenvalue weighted by Crippen LogP contribution is -2.53. The minimum Gasteiger partial charge on any atom is -0.497 e. The van der Waals surface area contributed by atoms with Crippen molar-refractivity contribution in [1.29, 1.82) is 0 Å². The molecule has 0 N–H and O–H groups in total. The molecule has 0 spiro atoms. The van der Waals surface area contributed by atoms with E-state index in [0.717, 1.165) is 24.5 Å². The Bertz CT molecular complexity index is 694. The summed E-state index contributed by atoms with van der Waals surface area (Å²) in [7, 11) is 4.00. The van der Waals surface area contributed by atoms with E-state index in [0.29, 0.717) is 0 Å². The Morgan fingerprint density at radius 3 is 2.50 bits per heavy atom. The topological polar surface area (TPSA) is 21.7 Å². The largest absolute Gasteiger partial charge is 0.497 e. The van der Waals surface area contributed by atoms with E-state index in [1.807, 2.05) is 24.3 Å². The number of methoxy groups -OCH3 is 1. The van der Waals surface area contributed by atoms with Gasteiger partial charge in [-0.25, -0.2) is 0 Å². The fourth-order valence-corrected chi connectivity index (χ4v) is 4.15. The number of ether oxygens (including phenoxy) is 2. The van der Waals surface area contributed by atoms with Gasteiger partial charge in [0.25, 0.3) is 0 Å². The normalized spacial score (nSPS) is 19.6. The van der Waals surface area contributed by atoms with Crippen LogP contribution in [0.2, 0.25) is 0 Å². The number of benzene rings is 2. The van der Waals surface area contributed by atoms with Gasteiger partial charge in [-0.05, 0) is 75.5 Å². The summed E-state index contributed by atoms with van der Waals surface area (Å²) in [6.45, 7) is 1.96. The maximum atomic E-state index is 6.21. The maximum absolute atomic E-state index is 6.21. The fourth-order valence-electron chi connectivity index (χ4n) is 4.15. The molecule has 1 heterocycles. The van der Waals surface area contributed by atoms with Crippen LogP contribution >= 0.6 is 12.4 Å². The van der Waals surface area contributed by atoms with Crippen LogP contribution in [-0.2, 0) is 6.42 Å². The lowest BCUT2D eigenvalue weighted by Gasteiger charge is -2.45. The van der Waals surface area contributed by atoms with Crippen molar-refractivity contribution in [2.45, 2.75) is 50.5 Å². The Morgan fingerprint density at radius 1 is 0.964 bits per heavy atom. The molecule has 0 saturated carbocycles. The number of hydrogen-bond acceptors (Lipinski definition) is 3. The number of likely N-dealkylation sites (N-methyl/N-ethyl adjacent to an activating group) is 1. The molecule has 0 radical (unpaired) electrons. The van der Waals surface area contributed by atoms with Crippen LogP contribution in [0.25, 0.3) is 0 Å². The fraction of sp³-hybridized carbons (Fsp3) is 0.500. The van der Waals surface area contributed by atoms with Crippen LogP contribution in [0.3, 0.4) is 0 Å². The zero-order chi connectivity index (χ0) is 19.0. The second kappa shape index (κ2) is 11.3. The summed E-state index contributed by atoms with van der Waals surface area (Å²) < 4.78 is 11.5. The highest BCUT2D eigenvalue weighted by Gasteiger charge is 2.36. The molecule has 1 saturated heterocycles. The summed E-state index contributed by atoms with van der Waals surface area (Å²) in [6, 6.07) is 18.7. The molecule has 0 amide bonds. The van der Waals surface area contributed by atoms with Gasteiger partial charge < -0.3 is 9.47 Å². The number of para-hydroxylation sites is 1. The molecule has 1 aliphatic heterocycles. The molecule has 28 heavy (non-hydrogen) atoms. The average molecular weight is 404 g/mol. The van der Waals surface area contributed by atoms with Crippen LogP contribution in [0.4, 0.5) is 0 Å². The van der Waals surface area contributed by atoms with Gasteiger partial charge in [0, 0.05) is 0 Å². The first-order valence-electron chi connectivity index (χ1n) is 10.2. The van der Waals surface area contributed by atoms with Crippen molar-refractivity contribution < 1.29 is 9.47 Å². The standard InChI is InChI=1S/C24H33NO2.ClH/c1-25-18-9-8-17-24(25,20-27-22-13-4-3-5-14-22)16-7-6-11-21-12-10-15-23(19-21)26-2;/h3-5,10,12-15,19H,6-9,11,16-18,20H2,1-2H3;1H. The van der Waals surface area contributed by atoms with Crippen LogP contribution in [-0.4, -0.2) is 37.7 Å². The summed E-state index contributed by atoms with van der Waals surface area (Å²) in [5, 5.41) is 0. The molecule has 154 valence electrons. The summed E-state index contributed by atoms with van der Waals surface area (Å²) >= 11 is 0. The molecule has 2 aromatic rings. The molecule has 1 atom stereocenters. The van der Waals surface area contributed by atoms with Crippen molar-refractivity contribution >= 4 is 12.4 Å². The van der Waals surface area contributed by atoms with Gasteiger partial charge in [-0.2, -0.15) is 0 Å². The van der Waals surface area contributed by atoms with Gasteiger partial charge in [0.1, 0.15) is 18.1 Å². The van der Waals surface area contributed by atoms with Gasteiger partial charge in [-0.3, -0.25) is 4.90 Å². The summed E-state index contributed by atoms with van der Waals surface area (Å²) in [5.41, 5.74) is 1.53. The number of hydrogen-bond donors (Lipinski definition) is 0. The number of piperidine rings is 1. The van der Waals surface area contributed by atoms with Gasteiger partial charge >= 0.3 is 0 Å². The van der Waals surface area contributed by atoms with Gasteiger partial charge in [0.05, 0.1) is 12.6 Å². The number of unbranched alkanes of at least 4 members (excludes halogenated alkanes) is 1. The molecule has 0 bridgehead atoms. The highest BCUT2D eigenvalue weighted by atomic mass is 35.5. The molecule has 4 heteroatoms. The molecule has 0 aliphatic carbocycles. The van der Waals surface area contributed by atoms with Crippen molar-refractivity contribution in [1.82, 2.24) is 4.90 Å².